The Bertz CT molecular complexity index is 955. The maximum Gasteiger partial charge on any atom is 0.251 e. The van der Waals surface area contributed by atoms with Crippen molar-refractivity contribution in [1.82, 2.24) is 5.32 Å². The van der Waals surface area contributed by atoms with E-state index in [1.807, 2.05) is 38.1 Å². The van der Waals surface area contributed by atoms with Crippen LogP contribution in [-0.4, -0.2) is 33.7 Å². The van der Waals surface area contributed by atoms with Crippen molar-refractivity contribution in [3.63, 3.8) is 0 Å². The summed E-state index contributed by atoms with van der Waals surface area (Å²) >= 11 is 0. The number of nitrogens with one attached hydrogen (secondary N) is 1. The molecule has 1 aliphatic heterocycles. The standard InChI is InChI=1S/C21H26N2O4S/c1-4-27-19-10-7-16(8-11-19)15(2)22-21(24)18-9-12-20-17(14-18)6-5-13-23(20)28(3,25)26/h7-12,14-15H,4-6,13H2,1-3H3,(H,22,24). The van der Waals surface area contributed by atoms with Crippen LogP contribution in [0.5, 0.6) is 5.75 Å². The molecule has 2 aromatic rings. The second-order valence-electron chi connectivity index (χ2n) is 6.98. The van der Waals surface area contributed by atoms with Crippen LogP contribution in [-0.2, 0) is 16.4 Å². The number of nitrogens with zero attached hydrogens (tertiary/aromatic N) is 1. The number of fused-ring (bicyclic) bond motifs is 1. The summed E-state index contributed by atoms with van der Waals surface area (Å²) in [6, 6.07) is 12.7. The van der Waals surface area contributed by atoms with Gasteiger partial charge in [-0.2, -0.15) is 0 Å². The van der Waals surface area contributed by atoms with E-state index < -0.39 is 10.0 Å². The Hall–Kier alpha value is -2.54. The van der Waals surface area contributed by atoms with Gasteiger partial charge in [-0.15, -0.1) is 0 Å². The van der Waals surface area contributed by atoms with E-state index in [9.17, 15) is 13.2 Å². The summed E-state index contributed by atoms with van der Waals surface area (Å²) in [5.41, 5.74) is 3.08. The van der Waals surface area contributed by atoms with E-state index in [2.05, 4.69) is 5.32 Å². The van der Waals surface area contributed by atoms with Crippen molar-refractivity contribution in [3.05, 3.63) is 59.2 Å². The zero-order valence-corrected chi connectivity index (χ0v) is 17.3. The van der Waals surface area contributed by atoms with E-state index in [1.54, 1.807) is 18.2 Å². The quantitative estimate of drug-likeness (QED) is 0.804. The van der Waals surface area contributed by atoms with Crippen molar-refractivity contribution in [2.75, 3.05) is 23.7 Å². The number of benzene rings is 2. The third-order valence-corrected chi connectivity index (χ3v) is 6.04. The monoisotopic (exact) mass is 402 g/mol. The smallest absolute Gasteiger partial charge is 0.251 e. The molecule has 0 fully saturated rings. The van der Waals surface area contributed by atoms with Gasteiger partial charge in [-0.3, -0.25) is 9.10 Å². The van der Waals surface area contributed by atoms with Gasteiger partial charge in [0.15, 0.2) is 0 Å². The molecule has 0 bridgehead atoms. The maximum atomic E-state index is 12.7. The molecule has 1 heterocycles. The Balaban J connectivity index is 1.74. The lowest BCUT2D eigenvalue weighted by Crippen LogP contribution is -2.35. The van der Waals surface area contributed by atoms with E-state index in [4.69, 9.17) is 4.74 Å². The molecule has 0 spiro atoms. The zero-order chi connectivity index (χ0) is 20.3. The molecule has 0 radical (unpaired) electrons. The summed E-state index contributed by atoms with van der Waals surface area (Å²) in [7, 11) is -3.31. The van der Waals surface area contributed by atoms with E-state index >= 15 is 0 Å². The van der Waals surface area contributed by atoms with Crippen LogP contribution in [0.3, 0.4) is 0 Å². The average molecular weight is 403 g/mol. The van der Waals surface area contributed by atoms with Crippen LogP contribution in [0.15, 0.2) is 42.5 Å². The molecular weight excluding hydrogens is 376 g/mol. The average Bonchev–Trinajstić information content (AvgIpc) is 2.67. The SMILES string of the molecule is CCOc1ccc(C(C)NC(=O)c2ccc3c(c2)CCCN3S(C)(=O)=O)cc1. The molecule has 0 aromatic heterocycles. The molecule has 6 nitrogen and oxygen atoms in total. The van der Waals surface area contributed by atoms with Crippen molar-refractivity contribution >= 4 is 21.6 Å². The summed E-state index contributed by atoms with van der Waals surface area (Å²) in [5.74, 6) is 0.621. The second kappa shape index (κ2) is 8.22. The highest BCUT2D eigenvalue weighted by Crippen LogP contribution is 2.30. The van der Waals surface area contributed by atoms with Crippen molar-refractivity contribution in [3.8, 4) is 5.75 Å². The molecule has 1 unspecified atom stereocenters. The highest BCUT2D eigenvalue weighted by molar-refractivity contribution is 7.92. The number of hydrogen-bond acceptors (Lipinski definition) is 4. The molecule has 150 valence electrons. The number of ether oxygens (including phenoxy) is 1. The van der Waals surface area contributed by atoms with E-state index in [0.29, 0.717) is 24.4 Å². The fourth-order valence-electron chi connectivity index (χ4n) is 3.43. The number of sulfonamides is 1. The molecular formula is C21H26N2O4S. The van der Waals surface area contributed by atoms with E-state index in [0.717, 1.165) is 29.7 Å². The van der Waals surface area contributed by atoms with Gasteiger partial charge in [0.05, 0.1) is 24.6 Å². The molecule has 3 rings (SSSR count). The molecule has 1 amide bonds. The summed E-state index contributed by atoms with van der Waals surface area (Å²) in [6.07, 6.45) is 2.71. The number of anilines is 1. The Morgan fingerprint density at radius 2 is 1.93 bits per heavy atom. The van der Waals surface area contributed by atoms with E-state index in [-0.39, 0.29) is 11.9 Å². The fraction of sp³-hybridized carbons (Fsp3) is 0.381. The first-order valence-electron chi connectivity index (χ1n) is 9.44. The fourth-order valence-corrected chi connectivity index (χ4v) is 4.43. The topological polar surface area (TPSA) is 75.7 Å². The van der Waals surface area contributed by atoms with Gasteiger partial charge in [0.25, 0.3) is 5.91 Å². The molecule has 2 aromatic carbocycles. The van der Waals surface area contributed by atoms with Crippen molar-refractivity contribution in [2.24, 2.45) is 0 Å². The summed E-state index contributed by atoms with van der Waals surface area (Å²) in [5, 5.41) is 3.00. The van der Waals surface area contributed by atoms with Crippen LogP contribution in [0.4, 0.5) is 5.69 Å². The number of rotatable bonds is 6. The predicted molar refractivity (Wildman–Crippen MR) is 110 cm³/mol. The minimum atomic E-state index is -3.31. The summed E-state index contributed by atoms with van der Waals surface area (Å²) in [6.45, 7) is 4.95. The molecule has 0 aliphatic carbocycles. The van der Waals surface area contributed by atoms with Crippen molar-refractivity contribution in [2.45, 2.75) is 32.7 Å². The van der Waals surface area contributed by atoms with Gasteiger partial charge < -0.3 is 10.1 Å². The maximum absolute atomic E-state index is 12.7. The van der Waals surface area contributed by atoms with Gasteiger partial charge in [0.1, 0.15) is 5.75 Å². The Morgan fingerprint density at radius 3 is 2.57 bits per heavy atom. The van der Waals surface area contributed by atoms with Crippen LogP contribution in [0, 0.1) is 0 Å². The lowest BCUT2D eigenvalue weighted by Gasteiger charge is -2.29. The first kappa shape index (κ1) is 20.2. The van der Waals surface area contributed by atoms with Crippen LogP contribution in [0.2, 0.25) is 0 Å². The summed E-state index contributed by atoms with van der Waals surface area (Å²) < 4.78 is 30.8. The largest absolute Gasteiger partial charge is 0.494 e. The Labute approximate surface area is 166 Å². The van der Waals surface area contributed by atoms with Crippen LogP contribution >= 0.6 is 0 Å². The van der Waals surface area contributed by atoms with Gasteiger partial charge in [-0.05, 0) is 68.1 Å². The minimum Gasteiger partial charge on any atom is -0.494 e. The first-order valence-corrected chi connectivity index (χ1v) is 11.3. The number of aryl methyl sites for hydroxylation is 1. The van der Waals surface area contributed by atoms with E-state index in [1.165, 1.54) is 10.6 Å². The van der Waals surface area contributed by atoms with Gasteiger partial charge in [0, 0.05) is 12.1 Å². The highest BCUT2D eigenvalue weighted by Gasteiger charge is 2.25. The number of hydrogen-bond donors (Lipinski definition) is 1. The number of carbonyl (C=O) groups is 1. The predicted octanol–water partition coefficient (Wildman–Crippen LogP) is 3.29. The molecule has 1 aliphatic rings. The van der Waals surface area contributed by atoms with Crippen molar-refractivity contribution in [1.29, 1.82) is 0 Å². The van der Waals surface area contributed by atoms with Crippen LogP contribution in [0.25, 0.3) is 0 Å². The lowest BCUT2D eigenvalue weighted by molar-refractivity contribution is 0.0940. The Morgan fingerprint density at radius 1 is 1.21 bits per heavy atom. The molecule has 28 heavy (non-hydrogen) atoms. The normalized spacial score (nSPS) is 14.9. The molecule has 1 N–H and O–H groups in total. The number of carbonyl (C=O) groups excluding carboxylic acids is 1. The Kier molecular flexibility index (Phi) is 5.93. The molecule has 0 saturated heterocycles. The molecule has 7 heteroatoms. The molecule has 1 atom stereocenters. The zero-order valence-electron chi connectivity index (χ0n) is 16.4. The van der Waals surface area contributed by atoms with Gasteiger partial charge >= 0.3 is 0 Å². The van der Waals surface area contributed by atoms with Crippen LogP contribution < -0.4 is 14.4 Å². The second-order valence-corrected chi connectivity index (χ2v) is 8.89. The lowest BCUT2D eigenvalue weighted by atomic mass is 10.00. The highest BCUT2D eigenvalue weighted by atomic mass is 32.2. The van der Waals surface area contributed by atoms with Gasteiger partial charge in [-0.25, -0.2) is 8.42 Å². The first-order chi connectivity index (χ1) is 13.3. The number of amides is 1. The van der Waals surface area contributed by atoms with Gasteiger partial charge in [-0.1, -0.05) is 12.1 Å². The third kappa shape index (κ3) is 4.47. The summed E-state index contributed by atoms with van der Waals surface area (Å²) in [4.78, 5) is 12.7. The third-order valence-electron chi connectivity index (χ3n) is 4.86. The minimum absolute atomic E-state index is 0.160. The van der Waals surface area contributed by atoms with Gasteiger partial charge in [0.2, 0.25) is 10.0 Å². The molecule has 0 saturated carbocycles. The van der Waals surface area contributed by atoms with Crippen LogP contribution in [0.1, 0.15) is 47.8 Å². The van der Waals surface area contributed by atoms with Crippen molar-refractivity contribution < 1.29 is 17.9 Å².